The molecule has 0 N–H and O–H groups in total. The van der Waals surface area contributed by atoms with Crippen molar-refractivity contribution in [1.29, 1.82) is 0 Å². The van der Waals surface area contributed by atoms with Crippen LogP contribution >= 0.6 is 0 Å². The van der Waals surface area contributed by atoms with Gasteiger partial charge in [0.05, 0.1) is 6.61 Å². The van der Waals surface area contributed by atoms with E-state index in [2.05, 4.69) is 6.82 Å². The van der Waals surface area contributed by atoms with E-state index in [0.29, 0.717) is 19.9 Å². The van der Waals surface area contributed by atoms with Crippen LogP contribution in [0.1, 0.15) is 0 Å². The quantitative estimate of drug-likeness (QED) is 0.506. The van der Waals surface area contributed by atoms with Gasteiger partial charge in [0.2, 0.25) is 0 Å². The van der Waals surface area contributed by atoms with E-state index in [1.165, 1.54) is 4.31 Å². The van der Waals surface area contributed by atoms with Gasteiger partial charge in [-0.05, 0) is 0 Å². The molecule has 6 heteroatoms. The van der Waals surface area contributed by atoms with Gasteiger partial charge in [0, 0.05) is 12.6 Å². The normalized spacial score (nSPS) is 35.1. The Morgan fingerprint density at radius 2 is 2.33 bits per heavy atom. The Labute approximate surface area is 73.2 Å². The van der Waals surface area contributed by atoms with Gasteiger partial charge in [0.1, 0.15) is 6.71 Å². The van der Waals surface area contributed by atoms with Gasteiger partial charge in [0.25, 0.3) is 0 Å². The number of hydrogen-bond donors (Lipinski definition) is 0. The largest absolute Gasteiger partial charge is 0.338 e. The van der Waals surface area contributed by atoms with Crippen LogP contribution in [0.3, 0.4) is 0 Å². The molecule has 4 nitrogen and oxygen atoms in total. The summed E-state index contributed by atoms with van der Waals surface area (Å²) in [5.41, 5.74) is 0. The molecule has 0 aliphatic carbocycles. The smallest absolute Gasteiger partial charge is 0.256 e. The Bertz CT molecular complexity index is 279. The summed E-state index contributed by atoms with van der Waals surface area (Å²) in [6.07, 6.45) is 1.90. The third-order valence-electron chi connectivity index (χ3n) is 2.62. The summed E-state index contributed by atoms with van der Waals surface area (Å²) < 4.78 is 28.6. The molecule has 2 saturated heterocycles. The average molecular weight is 189 g/mol. The highest BCUT2D eigenvalue weighted by atomic mass is 32.2. The number of nitrogens with zero attached hydrogens (tertiary/aromatic N) is 1. The monoisotopic (exact) mass is 189 g/mol. The van der Waals surface area contributed by atoms with Crippen LogP contribution in [0.5, 0.6) is 0 Å². The predicted molar refractivity (Wildman–Crippen MR) is 46.6 cm³/mol. The Morgan fingerprint density at radius 3 is 3.08 bits per heavy atom. The van der Waals surface area contributed by atoms with Gasteiger partial charge < -0.3 is 0 Å². The van der Waals surface area contributed by atoms with Crippen molar-refractivity contribution in [2.45, 2.75) is 25.5 Å². The fourth-order valence-corrected chi connectivity index (χ4v) is 3.21. The molecule has 0 saturated carbocycles. The second kappa shape index (κ2) is 2.72. The molecule has 2 aliphatic rings. The average Bonchev–Trinajstić information content (AvgIpc) is 2.27. The first-order valence-electron chi connectivity index (χ1n) is 4.26. The van der Waals surface area contributed by atoms with Gasteiger partial charge in [-0.1, -0.05) is 19.5 Å². The van der Waals surface area contributed by atoms with Crippen LogP contribution in [0, 0.1) is 0 Å². The van der Waals surface area contributed by atoms with Gasteiger partial charge in [-0.2, -0.15) is 12.7 Å². The van der Waals surface area contributed by atoms with Crippen LogP contribution in [0.25, 0.3) is 0 Å². The van der Waals surface area contributed by atoms with Gasteiger partial charge in [-0.25, -0.2) is 0 Å². The molecule has 2 heterocycles. The van der Waals surface area contributed by atoms with Crippen molar-refractivity contribution in [3.8, 4) is 0 Å². The van der Waals surface area contributed by atoms with Crippen molar-refractivity contribution in [1.82, 2.24) is 4.31 Å². The highest BCUT2D eigenvalue weighted by molar-refractivity contribution is 7.84. The lowest BCUT2D eigenvalue weighted by molar-refractivity contribution is 0.321. The third kappa shape index (κ3) is 1.28. The van der Waals surface area contributed by atoms with E-state index in [-0.39, 0.29) is 6.04 Å². The second-order valence-electron chi connectivity index (χ2n) is 3.64. The molecule has 12 heavy (non-hydrogen) atoms. The molecule has 0 amide bonds. The summed E-state index contributed by atoms with van der Waals surface area (Å²) in [6.45, 7) is 3.77. The van der Waals surface area contributed by atoms with Crippen LogP contribution in [-0.2, 0) is 14.5 Å². The highest BCUT2D eigenvalue weighted by Crippen LogP contribution is 2.27. The number of hydrogen-bond acceptors (Lipinski definition) is 3. The van der Waals surface area contributed by atoms with Crippen LogP contribution in [0.2, 0.25) is 19.5 Å². The molecule has 1 unspecified atom stereocenters. The number of fused-ring (bicyclic) bond motifs is 1. The van der Waals surface area contributed by atoms with Crippen LogP contribution in [0.15, 0.2) is 0 Å². The fraction of sp³-hybridized carbons (Fsp3) is 1.00. The van der Waals surface area contributed by atoms with E-state index in [9.17, 15) is 8.42 Å². The predicted octanol–water partition coefficient (Wildman–Crippen LogP) is 0.0702. The van der Waals surface area contributed by atoms with Crippen molar-refractivity contribution < 1.29 is 12.6 Å². The lowest BCUT2D eigenvalue weighted by atomic mass is 9.44. The molecular weight excluding hydrogens is 177 g/mol. The molecule has 0 aromatic carbocycles. The zero-order valence-electron chi connectivity index (χ0n) is 7.06. The molecular formula is C6H12BNO3S. The molecule has 2 rings (SSSR count). The zero-order valence-corrected chi connectivity index (χ0v) is 7.88. The van der Waals surface area contributed by atoms with E-state index in [4.69, 9.17) is 4.18 Å². The summed E-state index contributed by atoms with van der Waals surface area (Å²) in [6, 6.07) is 0.110. The first-order valence-corrected chi connectivity index (χ1v) is 5.62. The Hall–Kier alpha value is -0.0651. The molecule has 0 radical (unpaired) electrons. The van der Waals surface area contributed by atoms with E-state index >= 15 is 0 Å². The molecule has 2 fully saturated rings. The van der Waals surface area contributed by atoms with Crippen molar-refractivity contribution in [2.24, 2.45) is 0 Å². The van der Waals surface area contributed by atoms with E-state index in [1.807, 2.05) is 0 Å². The molecule has 0 bridgehead atoms. The minimum atomic E-state index is -3.34. The van der Waals surface area contributed by atoms with Gasteiger partial charge in [-0.3, -0.25) is 4.18 Å². The first kappa shape index (κ1) is 8.53. The Morgan fingerprint density at radius 1 is 1.58 bits per heavy atom. The Kier molecular flexibility index (Phi) is 1.93. The van der Waals surface area contributed by atoms with Crippen molar-refractivity contribution in [3.05, 3.63) is 0 Å². The minimum absolute atomic E-state index is 0.110. The lowest BCUT2D eigenvalue weighted by Crippen LogP contribution is -2.42. The zero-order chi connectivity index (χ0) is 8.77. The summed E-state index contributed by atoms with van der Waals surface area (Å²) in [4.78, 5) is 0. The number of rotatable bonds is 0. The van der Waals surface area contributed by atoms with Crippen molar-refractivity contribution in [2.75, 3.05) is 13.2 Å². The second-order valence-corrected chi connectivity index (χ2v) is 5.20. The Balaban J connectivity index is 2.18. The molecule has 2 aliphatic heterocycles. The minimum Gasteiger partial charge on any atom is -0.256 e. The highest BCUT2D eigenvalue weighted by Gasteiger charge is 2.42. The maximum Gasteiger partial charge on any atom is 0.338 e. The van der Waals surface area contributed by atoms with E-state index < -0.39 is 10.3 Å². The maximum absolute atomic E-state index is 11.2. The van der Waals surface area contributed by atoms with Crippen LogP contribution < -0.4 is 0 Å². The van der Waals surface area contributed by atoms with Crippen molar-refractivity contribution in [3.63, 3.8) is 0 Å². The summed E-state index contributed by atoms with van der Waals surface area (Å²) >= 11 is 0. The molecule has 0 aromatic heterocycles. The first-order chi connectivity index (χ1) is 5.59. The van der Waals surface area contributed by atoms with E-state index in [0.717, 1.165) is 12.6 Å². The molecule has 0 aromatic rings. The molecule has 1 atom stereocenters. The summed E-state index contributed by atoms with van der Waals surface area (Å²) in [7, 11) is -3.34. The van der Waals surface area contributed by atoms with Gasteiger partial charge in [0.15, 0.2) is 0 Å². The fourth-order valence-electron chi connectivity index (χ4n) is 1.91. The summed E-state index contributed by atoms with van der Waals surface area (Å²) in [5, 5.41) is 0. The summed E-state index contributed by atoms with van der Waals surface area (Å²) in [5.74, 6) is 0. The topological polar surface area (TPSA) is 46.6 Å². The lowest BCUT2D eigenvalue weighted by Gasteiger charge is -2.27. The molecule has 0 spiro atoms. The SMILES string of the molecule is CB1CCN2C(COS2(=O)=O)C1. The van der Waals surface area contributed by atoms with Gasteiger partial charge in [-0.15, -0.1) is 0 Å². The third-order valence-corrected chi connectivity index (χ3v) is 4.11. The van der Waals surface area contributed by atoms with Crippen LogP contribution in [-0.4, -0.2) is 38.6 Å². The molecule has 68 valence electrons. The van der Waals surface area contributed by atoms with Crippen molar-refractivity contribution >= 4 is 17.0 Å². The standard InChI is InChI=1S/C6H12BNO3S/c1-7-2-3-8-6(4-7)5-11-12(8,9)10/h6H,2-5H2,1H3. The van der Waals surface area contributed by atoms with Gasteiger partial charge >= 0.3 is 10.3 Å². The maximum atomic E-state index is 11.2. The van der Waals surface area contributed by atoms with Crippen LogP contribution in [0.4, 0.5) is 0 Å². The van der Waals surface area contributed by atoms with E-state index in [1.54, 1.807) is 0 Å².